The predicted octanol–water partition coefficient (Wildman–Crippen LogP) is 2.70. The molecule has 0 saturated carbocycles. The molecule has 4 nitrogen and oxygen atoms in total. The van der Waals surface area contributed by atoms with Gasteiger partial charge in [0.25, 0.3) is 5.91 Å². The van der Waals surface area contributed by atoms with Crippen molar-refractivity contribution in [2.45, 2.75) is 25.9 Å². The van der Waals surface area contributed by atoms with Crippen LogP contribution >= 0.6 is 15.9 Å². The Balaban J connectivity index is 1.94. The fourth-order valence-corrected chi connectivity index (χ4v) is 2.74. The molecule has 5 heteroatoms. The maximum atomic E-state index is 12.0. The molecule has 104 valence electrons. The maximum Gasteiger partial charge on any atom is 0.255 e. The Morgan fingerprint density at radius 1 is 1.58 bits per heavy atom. The molecule has 1 heterocycles. The molecule has 0 spiro atoms. The number of ether oxygens (including phenoxy) is 1. The summed E-state index contributed by atoms with van der Waals surface area (Å²) in [5, 5.41) is 12.6. The number of rotatable bonds is 4. The highest BCUT2D eigenvalue weighted by molar-refractivity contribution is 9.10. The number of amides is 1. The van der Waals surface area contributed by atoms with Crippen molar-refractivity contribution in [3.05, 3.63) is 28.2 Å². The zero-order valence-electron chi connectivity index (χ0n) is 10.9. The Kier molecular flexibility index (Phi) is 4.82. The SMILES string of the molecule is CCC1OCCC1CNC(=O)c1ccc(Br)cc1O. The van der Waals surface area contributed by atoms with Crippen molar-refractivity contribution < 1.29 is 14.6 Å². The lowest BCUT2D eigenvalue weighted by molar-refractivity contribution is 0.0826. The van der Waals surface area contributed by atoms with Gasteiger partial charge in [-0.1, -0.05) is 22.9 Å². The molecular weight excluding hydrogens is 310 g/mol. The van der Waals surface area contributed by atoms with E-state index in [4.69, 9.17) is 4.74 Å². The van der Waals surface area contributed by atoms with Crippen LogP contribution in [0.5, 0.6) is 5.75 Å². The van der Waals surface area contributed by atoms with Crippen LogP contribution in [-0.4, -0.2) is 30.3 Å². The monoisotopic (exact) mass is 327 g/mol. The Morgan fingerprint density at radius 3 is 3.05 bits per heavy atom. The Morgan fingerprint density at radius 2 is 2.37 bits per heavy atom. The molecule has 2 unspecified atom stereocenters. The van der Waals surface area contributed by atoms with E-state index >= 15 is 0 Å². The number of aromatic hydroxyl groups is 1. The van der Waals surface area contributed by atoms with Crippen LogP contribution in [0.4, 0.5) is 0 Å². The minimum atomic E-state index is -0.244. The summed E-state index contributed by atoms with van der Waals surface area (Å²) in [6.45, 7) is 3.45. The summed E-state index contributed by atoms with van der Waals surface area (Å²) >= 11 is 3.25. The summed E-state index contributed by atoms with van der Waals surface area (Å²) < 4.78 is 6.33. The van der Waals surface area contributed by atoms with Crippen molar-refractivity contribution in [3.8, 4) is 5.75 Å². The summed E-state index contributed by atoms with van der Waals surface area (Å²) in [4.78, 5) is 12.0. The van der Waals surface area contributed by atoms with E-state index < -0.39 is 0 Å². The average molecular weight is 328 g/mol. The van der Waals surface area contributed by atoms with Gasteiger partial charge in [0, 0.05) is 23.5 Å². The topological polar surface area (TPSA) is 58.6 Å². The fourth-order valence-electron chi connectivity index (χ4n) is 2.39. The number of halogens is 1. The van der Waals surface area contributed by atoms with Crippen LogP contribution < -0.4 is 5.32 Å². The van der Waals surface area contributed by atoms with Crippen molar-refractivity contribution in [3.63, 3.8) is 0 Å². The van der Waals surface area contributed by atoms with Crippen LogP contribution in [0.25, 0.3) is 0 Å². The Hall–Kier alpha value is -1.07. The van der Waals surface area contributed by atoms with E-state index in [1.165, 1.54) is 6.07 Å². The number of carbonyl (C=O) groups is 1. The molecule has 2 atom stereocenters. The number of phenols is 1. The van der Waals surface area contributed by atoms with Crippen molar-refractivity contribution >= 4 is 21.8 Å². The molecule has 1 aromatic rings. The fraction of sp³-hybridized carbons (Fsp3) is 0.500. The molecular formula is C14H18BrNO3. The van der Waals surface area contributed by atoms with Crippen LogP contribution in [0.3, 0.4) is 0 Å². The lowest BCUT2D eigenvalue weighted by Gasteiger charge is -2.17. The second-order valence-electron chi connectivity index (χ2n) is 4.74. The summed E-state index contributed by atoms with van der Waals surface area (Å²) in [5.74, 6) is 0.111. The van der Waals surface area contributed by atoms with Gasteiger partial charge in [0.05, 0.1) is 11.7 Å². The smallest absolute Gasteiger partial charge is 0.255 e. The highest BCUT2D eigenvalue weighted by Gasteiger charge is 2.27. The second-order valence-corrected chi connectivity index (χ2v) is 5.65. The van der Waals surface area contributed by atoms with Gasteiger partial charge >= 0.3 is 0 Å². The average Bonchev–Trinajstić information content (AvgIpc) is 2.83. The first-order valence-electron chi connectivity index (χ1n) is 6.50. The van der Waals surface area contributed by atoms with Crippen LogP contribution in [0, 0.1) is 5.92 Å². The van der Waals surface area contributed by atoms with E-state index in [-0.39, 0.29) is 17.8 Å². The quantitative estimate of drug-likeness (QED) is 0.893. The minimum Gasteiger partial charge on any atom is -0.507 e. The van der Waals surface area contributed by atoms with Crippen LogP contribution in [0.15, 0.2) is 22.7 Å². The van der Waals surface area contributed by atoms with Gasteiger partial charge in [-0.3, -0.25) is 4.79 Å². The molecule has 0 bridgehead atoms. The number of benzene rings is 1. The number of nitrogens with one attached hydrogen (secondary N) is 1. The first-order valence-corrected chi connectivity index (χ1v) is 7.29. The zero-order valence-corrected chi connectivity index (χ0v) is 12.4. The molecule has 1 aliphatic heterocycles. The predicted molar refractivity (Wildman–Crippen MR) is 76.3 cm³/mol. The van der Waals surface area contributed by atoms with Crippen molar-refractivity contribution in [2.75, 3.05) is 13.2 Å². The van der Waals surface area contributed by atoms with Gasteiger partial charge in [-0.15, -0.1) is 0 Å². The first-order chi connectivity index (χ1) is 9.11. The van der Waals surface area contributed by atoms with Crippen molar-refractivity contribution in [1.82, 2.24) is 5.32 Å². The summed E-state index contributed by atoms with van der Waals surface area (Å²) in [6, 6.07) is 4.86. The van der Waals surface area contributed by atoms with E-state index in [1.807, 2.05) is 0 Å². The van der Waals surface area contributed by atoms with E-state index in [0.29, 0.717) is 18.0 Å². The Labute approximate surface area is 121 Å². The summed E-state index contributed by atoms with van der Waals surface area (Å²) in [5.41, 5.74) is 0.301. The standard InChI is InChI=1S/C14H18BrNO3/c1-2-13-9(5-6-19-13)8-16-14(18)11-4-3-10(15)7-12(11)17/h3-4,7,9,13,17H,2,5-6,8H2,1H3,(H,16,18). The van der Waals surface area contributed by atoms with Gasteiger partial charge in [0.1, 0.15) is 5.75 Å². The van der Waals surface area contributed by atoms with E-state index in [1.54, 1.807) is 12.1 Å². The van der Waals surface area contributed by atoms with Gasteiger partial charge < -0.3 is 15.2 Å². The van der Waals surface area contributed by atoms with E-state index in [0.717, 1.165) is 23.9 Å². The normalized spacial score (nSPS) is 22.4. The molecule has 1 amide bonds. The molecule has 2 N–H and O–H groups in total. The van der Waals surface area contributed by atoms with Gasteiger partial charge in [-0.05, 0) is 31.0 Å². The lowest BCUT2D eigenvalue weighted by Crippen LogP contribution is -2.32. The van der Waals surface area contributed by atoms with Gasteiger partial charge in [-0.2, -0.15) is 0 Å². The minimum absolute atomic E-state index is 0.0124. The van der Waals surface area contributed by atoms with Crippen molar-refractivity contribution in [2.24, 2.45) is 5.92 Å². The van der Waals surface area contributed by atoms with E-state index in [9.17, 15) is 9.90 Å². The third-order valence-corrected chi connectivity index (χ3v) is 3.97. The molecule has 2 rings (SSSR count). The molecule has 1 fully saturated rings. The third-order valence-electron chi connectivity index (χ3n) is 3.48. The van der Waals surface area contributed by atoms with Crippen LogP contribution in [0.1, 0.15) is 30.1 Å². The maximum absolute atomic E-state index is 12.0. The number of carbonyl (C=O) groups excluding carboxylic acids is 1. The third kappa shape index (κ3) is 3.48. The summed E-state index contributed by atoms with van der Waals surface area (Å²) in [7, 11) is 0. The second kappa shape index (κ2) is 6.39. The summed E-state index contributed by atoms with van der Waals surface area (Å²) in [6.07, 6.45) is 2.17. The Bertz CT molecular complexity index is 464. The van der Waals surface area contributed by atoms with Crippen LogP contribution in [0.2, 0.25) is 0 Å². The van der Waals surface area contributed by atoms with Crippen LogP contribution in [-0.2, 0) is 4.74 Å². The van der Waals surface area contributed by atoms with Gasteiger partial charge in [0.15, 0.2) is 0 Å². The van der Waals surface area contributed by atoms with Gasteiger partial charge in [0.2, 0.25) is 0 Å². The lowest BCUT2D eigenvalue weighted by atomic mass is 9.99. The number of hydrogen-bond acceptors (Lipinski definition) is 3. The highest BCUT2D eigenvalue weighted by atomic mass is 79.9. The van der Waals surface area contributed by atoms with E-state index in [2.05, 4.69) is 28.2 Å². The molecule has 0 aromatic heterocycles. The molecule has 0 aliphatic carbocycles. The molecule has 1 aliphatic rings. The zero-order chi connectivity index (χ0) is 13.8. The molecule has 1 aromatic carbocycles. The van der Waals surface area contributed by atoms with Gasteiger partial charge in [-0.25, -0.2) is 0 Å². The first kappa shape index (κ1) is 14.3. The van der Waals surface area contributed by atoms with Crippen molar-refractivity contribution in [1.29, 1.82) is 0 Å². The molecule has 1 saturated heterocycles. The molecule has 19 heavy (non-hydrogen) atoms. The largest absolute Gasteiger partial charge is 0.507 e. The highest BCUT2D eigenvalue weighted by Crippen LogP contribution is 2.24. The number of hydrogen-bond donors (Lipinski definition) is 2. The number of phenolic OH excluding ortho intramolecular Hbond substituents is 1. The molecule has 0 radical (unpaired) electrons.